The van der Waals surface area contributed by atoms with Crippen LogP contribution in [0, 0.1) is 0 Å². The Morgan fingerprint density at radius 3 is 2.96 bits per heavy atom. The molecular formula is C19H29Cl2N3O2. The van der Waals surface area contributed by atoms with Gasteiger partial charge in [-0.15, -0.1) is 12.4 Å². The lowest BCUT2D eigenvalue weighted by molar-refractivity contribution is -0.121. The number of hydrogen-bond acceptors (Lipinski definition) is 4. The van der Waals surface area contributed by atoms with Gasteiger partial charge in [0.15, 0.2) is 0 Å². The normalized spacial score (nSPS) is 17.2. The van der Waals surface area contributed by atoms with Crippen molar-refractivity contribution in [1.82, 2.24) is 10.2 Å². The van der Waals surface area contributed by atoms with Crippen LogP contribution >= 0.6 is 24.0 Å². The Morgan fingerprint density at radius 2 is 2.27 bits per heavy atom. The average Bonchev–Trinajstić information content (AvgIpc) is 2.60. The molecule has 26 heavy (non-hydrogen) atoms. The first kappa shape index (κ1) is 22.8. The predicted molar refractivity (Wildman–Crippen MR) is 109 cm³/mol. The summed E-state index contributed by atoms with van der Waals surface area (Å²) in [5, 5.41) is 3.61. The predicted octanol–water partition coefficient (Wildman–Crippen LogP) is 3.15. The van der Waals surface area contributed by atoms with Gasteiger partial charge >= 0.3 is 0 Å². The Bertz CT molecular complexity index is 584. The average molecular weight is 402 g/mol. The molecule has 1 atom stereocenters. The Morgan fingerprint density at radius 1 is 1.46 bits per heavy atom. The van der Waals surface area contributed by atoms with Crippen LogP contribution in [0.3, 0.4) is 0 Å². The number of nitrogens with zero attached hydrogens (tertiary/aromatic N) is 1. The fraction of sp³-hybridized carbons (Fsp3) is 0.526. The molecule has 1 aromatic rings. The number of carbonyl (C=O) groups is 1. The van der Waals surface area contributed by atoms with E-state index in [1.54, 1.807) is 6.08 Å². The van der Waals surface area contributed by atoms with Crippen molar-refractivity contribution in [2.45, 2.75) is 38.3 Å². The van der Waals surface area contributed by atoms with Gasteiger partial charge in [-0.05, 0) is 37.1 Å². The van der Waals surface area contributed by atoms with Crippen molar-refractivity contribution in [3.05, 3.63) is 41.4 Å². The quantitative estimate of drug-likeness (QED) is 0.623. The molecule has 1 saturated heterocycles. The second kappa shape index (κ2) is 12.2. The molecule has 0 aliphatic carbocycles. The first-order valence-corrected chi connectivity index (χ1v) is 9.24. The van der Waals surface area contributed by atoms with Gasteiger partial charge in [0.2, 0.25) is 5.91 Å². The van der Waals surface area contributed by atoms with Gasteiger partial charge < -0.3 is 15.8 Å². The summed E-state index contributed by atoms with van der Waals surface area (Å²) in [5.74, 6) is 0.703. The molecule has 146 valence electrons. The van der Waals surface area contributed by atoms with Crippen LogP contribution in [-0.4, -0.2) is 43.1 Å². The summed E-state index contributed by atoms with van der Waals surface area (Å²) in [6.45, 7) is 6.99. The summed E-state index contributed by atoms with van der Waals surface area (Å²) in [6.07, 6.45) is 5.55. The van der Waals surface area contributed by atoms with Crippen LogP contribution < -0.4 is 15.8 Å². The van der Waals surface area contributed by atoms with Gasteiger partial charge in [-0.1, -0.05) is 36.7 Å². The zero-order valence-electron chi connectivity index (χ0n) is 15.1. The number of benzene rings is 1. The number of ether oxygens (including phenoxy) is 1. The summed E-state index contributed by atoms with van der Waals surface area (Å²) in [5.41, 5.74) is 6.57. The minimum atomic E-state index is 0. The molecule has 1 aliphatic rings. The van der Waals surface area contributed by atoms with Crippen LogP contribution in [0.5, 0.6) is 5.75 Å². The SMILES string of the molecule is C=CCOc1ccc(CN2CCCCC2CNC(=O)CCN)cc1Cl.Cl. The van der Waals surface area contributed by atoms with Crippen molar-refractivity contribution in [3.8, 4) is 5.75 Å². The first-order valence-electron chi connectivity index (χ1n) is 8.87. The lowest BCUT2D eigenvalue weighted by Gasteiger charge is -2.36. The Labute approximate surface area is 167 Å². The molecule has 0 spiro atoms. The van der Waals surface area contributed by atoms with E-state index in [4.69, 9.17) is 22.1 Å². The topological polar surface area (TPSA) is 67.6 Å². The zero-order chi connectivity index (χ0) is 18.1. The molecule has 1 heterocycles. The Balaban J connectivity index is 0.00000338. The van der Waals surface area contributed by atoms with E-state index in [-0.39, 0.29) is 18.3 Å². The van der Waals surface area contributed by atoms with Gasteiger partial charge in [0, 0.05) is 32.1 Å². The molecule has 0 radical (unpaired) electrons. The molecule has 1 aliphatic heterocycles. The number of carbonyl (C=O) groups excluding carboxylic acids is 1. The van der Waals surface area contributed by atoms with Gasteiger partial charge in [-0.2, -0.15) is 0 Å². The Hall–Kier alpha value is -1.27. The van der Waals surface area contributed by atoms with E-state index in [1.807, 2.05) is 18.2 Å². The van der Waals surface area contributed by atoms with E-state index >= 15 is 0 Å². The van der Waals surface area contributed by atoms with E-state index < -0.39 is 0 Å². The summed E-state index contributed by atoms with van der Waals surface area (Å²) < 4.78 is 5.52. The number of rotatable bonds is 9. The van der Waals surface area contributed by atoms with Crippen molar-refractivity contribution in [2.75, 3.05) is 26.2 Å². The fourth-order valence-electron chi connectivity index (χ4n) is 3.09. The lowest BCUT2D eigenvalue weighted by atomic mass is 10.0. The molecular weight excluding hydrogens is 373 g/mol. The highest BCUT2D eigenvalue weighted by atomic mass is 35.5. The summed E-state index contributed by atoms with van der Waals surface area (Å²) in [6, 6.07) is 6.26. The lowest BCUT2D eigenvalue weighted by Crippen LogP contribution is -2.46. The number of likely N-dealkylation sites (tertiary alicyclic amines) is 1. The number of halogens is 2. The maximum atomic E-state index is 11.7. The maximum absolute atomic E-state index is 11.7. The van der Waals surface area contributed by atoms with Crippen LogP contribution in [0.25, 0.3) is 0 Å². The number of nitrogens with two attached hydrogens (primary N) is 1. The van der Waals surface area contributed by atoms with Gasteiger partial charge in [-0.3, -0.25) is 9.69 Å². The van der Waals surface area contributed by atoms with Gasteiger partial charge in [0.1, 0.15) is 12.4 Å². The van der Waals surface area contributed by atoms with Crippen molar-refractivity contribution in [2.24, 2.45) is 5.73 Å². The van der Waals surface area contributed by atoms with Crippen molar-refractivity contribution >= 4 is 29.9 Å². The Kier molecular flexibility index (Phi) is 10.7. The number of nitrogens with one attached hydrogen (secondary N) is 1. The van der Waals surface area contributed by atoms with Crippen LogP contribution in [0.15, 0.2) is 30.9 Å². The maximum Gasteiger partial charge on any atom is 0.221 e. The van der Waals surface area contributed by atoms with Crippen molar-refractivity contribution in [1.29, 1.82) is 0 Å². The minimum absolute atomic E-state index is 0. The third kappa shape index (κ3) is 7.16. The van der Waals surface area contributed by atoms with E-state index in [9.17, 15) is 4.79 Å². The monoisotopic (exact) mass is 401 g/mol. The largest absolute Gasteiger partial charge is 0.488 e. The molecule has 5 nitrogen and oxygen atoms in total. The molecule has 1 aromatic carbocycles. The molecule has 3 N–H and O–H groups in total. The number of amides is 1. The van der Waals surface area contributed by atoms with E-state index in [0.29, 0.717) is 42.9 Å². The molecule has 0 bridgehead atoms. The first-order chi connectivity index (χ1) is 12.1. The van der Waals surface area contributed by atoms with E-state index in [1.165, 1.54) is 12.8 Å². The van der Waals surface area contributed by atoms with E-state index in [2.05, 4.69) is 16.8 Å². The standard InChI is InChI=1S/C19H28ClN3O2.ClH/c1-2-11-25-18-7-6-15(12-17(18)20)14-23-10-4-3-5-16(23)13-22-19(24)8-9-21;/h2,6-7,12,16H,1,3-5,8-11,13-14,21H2,(H,22,24);1H. The molecule has 0 saturated carbocycles. The minimum Gasteiger partial charge on any atom is -0.488 e. The van der Waals surface area contributed by atoms with Gasteiger partial charge in [0.05, 0.1) is 5.02 Å². The molecule has 1 fully saturated rings. The third-order valence-corrected chi connectivity index (χ3v) is 4.69. The zero-order valence-corrected chi connectivity index (χ0v) is 16.7. The number of piperidine rings is 1. The van der Waals surface area contributed by atoms with Crippen LogP contribution in [-0.2, 0) is 11.3 Å². The summed E-state index contributed by atoms with van der Waals surface area (Å²) in [7, 11) is 0. The molecule has 2 rings (SSSR count). The van der Waals surface area contributed by atoms with Crippen LogP contribution in [0.4, 0.5) is 0 Å². The second-order valence-corrected chi connectivity index (χ2v) is 6.73. The fourth-order valence-corrected chi connectivity index (χ4v) is 3.35. The molecule has 1 unspecified atom stereocenters. The van der Waals surface area contributed by atoms with Crippen LogP contribution in [0.1, 0.15) is 31.2 Å². The summed E-state index contributed by atoms with van der Waals surface area (Å²) in [4.78, 5) is 14.1. The highest BCUT2D eigenvalue weighted by Crippen LogP contribution is 2.27. The molecule has 0 aromatic heterocycles. The highest BCUT2D eigenvalue weighted by molar-refractivity contribution is 6.32. The highest BCUT2D eigenvalue weighted by Gasteiger charge is 2.23. The summed E-state index contributed by atoms with van der Waals surface area (Å²) >= 11 is 6.31. The van der Waals surface area contributed by atoms with Gasteiger partial charge in [0.25, 0.3) is 0 Å². The van der Waals surface area contributed by atoms with Crippen molar-refractivity contribution in [3.63, 3.8) is 0 Å². The molecule has 7 heteroatoms. The molecule has 1 amide bonds. The van der Waals surface area contributed by atoms with Crippen LogP contribution in [0.2, 0.25) is 5.02 Å². The van der Waals surface area contributed by atoms with Crippen molar-refractivity contribution < 1.29 is 9.53 Å². The van der Waals surface area contributed by atoms with E-state index in [0.717, 1.165) is 25.1 Å². The third-order valence-electron chi connectivity index (χ3n) is 4.39. The second-order valence-electron chi connectivity index (χ2n) is 6.33. The van der Waals surface area contributed by atoms with Gasteiger partial charge in [-0.25, -0.2) is 0 Å². The number of hydrogen-bond donors (Lipinski definition) is 2. The smallest absolute Gasteiger partial charge is 0.221 e.